The maximum absolute atomic E-state index is 9.86. The van der Waals surface area contributed by atoms with Gasteiger partial charge < -0.3 is 10.2 Å². The molecule has 0 aromatic carbocycles. The second kappa shape index (κ2) is 4.43. The third kappa shape index (κ3) is 2.05. The maximum atomic E-state index is 9.86. The summed E-state index contributed by atoms with van der Waals surface area (Å²) in [7, 11) is 0. The Morgan fingerprint density at radius 1 is 1.15 bits per heavy atom. The van der Waals surface area contributed by atoms with Crippen LogP contribution in [0.15, 0.2) is 0 Å². The van der Waals surface area contributed by atoms with Gasteiger partial charge in [0.15, 0.2) is 0 Å². The molecule has 0 aliphatic heterocycles. The smallest absolute Gasteiger partial charge is 0.0618 e. The van der Waals surface area contributed by atoms with Crippen LogP contribution in [0.2, 0.25) is 0 Å². The Bertz CT molecular complexity index is 138. The summed E-state index contributed by atoms with van der Waals surface area (Å²) in [5, 5.41) is 19.0. The standard InChI is InChI=1S/C11H22O2/c1-4-9-5-10(6-12)11(13)8(3)7(9)2/h7-13H,4-6H2,1-3H3. The van der Waals surface area contributed by atoms with Crippen molar-refractivity contribution < 1.29 is 10.2 Å². The molecule has 5 atom stereocenters. The minimum absolute atomic E-state index is 0.108. The molecule has 1 fully saturated rings. The molecule has 2 nitrogen and oxygen atoms in total. The zero-order valence-corrected chi connectivity index (χ0v) is 8.90. The molecule has 0 radical (unpaired) electrons. The van der Waals surface area contributed by atoms with Crippen LogP contribution in [0.25, 0.3) is 0 Å². The van der Waals surface area contributed by atoms with E-state index in [2.05, 4.69) is 20.8 Å². The van der Waals surface area contributed by atoms with Gasteiger partial charge in [-0.05, 0) is 24.2 Å². The van der Waals surface area contributed by atoms with E-state index in [0.717, 1.165) is 12.8 Å². The van der Waals surface area contributed by atoms with Gasteiger partial charge >= 0.3 is 0 Å². The van der Waals surface area contributed by atoms with E-state index in [1.54, 1.807) is 0 Å². The van der Waals surface area contributed by atoms with E-state index in [-0.39, 0.29) is 18.6 Å². The number of aliphatic hydroxyl groups excluding tert-OH is 2. The highest BCUT2D eigenvalue weighted by Gasteiger charge is 2.38. The average Bonchev–Trinajstić information content (AvgIpc) is 2.15. The second-order valence-electron chi connectivity index (χ2n) is 4.56. The van der Waals surface area contributed by atoms with Crippen LogP contribution in [0.5, 0.6) is 0 Å². The molecule has 0 spiro atoms. The van der Waals surface area contributed by atoms with Crippen molar-refractivity contribution in [2.75, 3.05) is 6.61 Å². The zero-order valence-electron chi connectivity index (χ0n) is 8.90. The molecule has 0 saturated heterocycles. The fraction of sp³-hybridized carbons (Fsp3) is 1.00. The summed E-state index contributed by atoms with van der Waals surface area (Å²) in [5.41, 5.74) is 0. The third-order valence-electron chi connectivity index (χ3n) is 3.96. The molecule has 1 aliphatic carbocycles. The predicted molar refractivity (Wildman–Crippen MR) is 53.3 cm³/mol. The van der Waals surface area contributed by atoms with Crippen LogP contribution in [-0.2, 0) is 0 Å². The lowest BCUT2D eigenvalue weighted by atomic mass is 9.67. The van der Waals surface area contributed by atoms with Crippen molar-refractivity contribution in [1.29, 1.82) is 0 Å². The largest absolute Gasteiger partial charge is 0.396 e. The van der Waals surface area contributed by atoms with E-state index in [1.165, 1.54) is 0 Å². The van der Waals surface area contributed by atoms with Crippen LogP contribution >= 0.6 is 0 Å². The summed E-state index contributed by atoms with van der Waals surface area (Å²) >= 11 is 0. The summed E-state index contributed by atoms with van der Waals surface area (Å²) in [5.74, 6) is 1.70. The van der Waals surface area contributed by atoms with Crippen molar-refractivity contribution >= 4 is 0 Å². The number of hydrogen-bond acceptors (Lipinski definition) is 2. The SMILES string of the molecule is CCC1CC(CO)C(O)C(C)C1C. The van der Waals surface area contributed by atoms with E-state index in [9.17, 15) is 5.11 Å². The number of hydrogen-bond donors (Lipinski definition) is 2. The summed E-state index contributed by atoms with van der Waals surface area (Å²) < 4.78 is 0. The second-order valence-corrected chi connectivity index (χ2v) is 4.56. The van der Waals surface area contributed by atoms with Gasteiger partial charge in [0.05, 0.1) is 6.10 Å². The van der Waals surface area contributed by atoms with Gasteiger partial charge in [-0.25, -0.2) is 0 Å². The average molecular weight is 186 g/mol. The lowest BCUT2D eigenvalue weighted by Crippen LogP contribution is -2.42. The first-order valence-corrected chi connectivity index (χ1v) is 5.40. The Hall–Kier alpha value is -0.0800. The molecule has 0 bridgehead atoms. The molecule has 2 N–H and O–H groups in total. The van der Waals surface area contributed by atoms with Gasteiger partial charge in [0.25, 0.3) is 0 Å². The molecule has 1 rings (SSSR count). The highest BCUT2D eigenvalue weighted by molar-refractivity contribution is 4.87. The molecule has 78 valence electrons. The Labute approximate surface area is 81.0 Å². The molecule has 1 saturated carbocycles. The first kappa shape index (κ1) is 11.0. The normalized spacial score (nSPS) is 46.4. The van der Waals surface area contributed by atoms with Crippen molar-refractivity contribution in [3.63, 3.8) is 0 Å². The van der Waals surface area contributed by atoms with Crippen LogP contribution in [0.3, 0.4) is 0 Å². The molecule has 1 aliphatic rings. The quantitative estimate of drug-likeness (QED) is 0.688. The zero-order chi connectivity index (χ0) is 10.0. The van der Waals surface area contributed by atoms with E-state index < -0.39 is 0 Å². The van der Waals surface area contributed by atoms with Crippen molar-refractivity contribution in [1.82, 2.24) is 0 Å². The summed E-state index contributed by atoms with van der Waals surface area (Å²) in [6, 6.07) is 0. The molecule has 13 heavy (non-hydrogen) atoms. The molecule has 5 unspecified atom stereocenters. The van der Waals surface area contributed by atoms with Gasteiger partial charge in [-0.2, -0.15) is 0 Å². The van der Waals surface area contributed by atoms with Crippen molar-refractivity contribution in [2.24, 2.45) is 23.7 Å². The lowest BCUT2D eigenvalue weighted by Gasteiger charge is -2.41. The summed E-state index contributed by atoms with van der Waals surface area (Å²) in [6.07, 6.45) is 1.84. The molecule has 0 aromatic heterocycles. The van der Waals surface area contributed by atoms with Crippen molar-refractivity contribution in [3.05, 3.63) is 0 Å². The van der Waals surface area contributed by atoms with Crippen LogP contribution < -0.4 is 0 Å². The first-order chi connectivity index (χ1) is 6.11. The van der Waals surface area contributed by atoms with E-state index in [4.69, 9.17) is 5.11 Å². The summed E-state index contributed by atoms with van der Waals surface area (Å²) in [6.45, 7) is 6.64. The molecule has 0 amide bonds. The third-order valence-corrected chi connectivity index (χ3v) is 3.96. The highest BCUT2D eigenvalue weighted by Crippen LogP contribution is 2.39. The van der Waals surface area contributed by atoms with Gasteiger partial charge in [0.2, 0.25) is 0 Å². The van der Waals surface area contributed by atoms with Crippen LogP contribution in [0, 0.1) is 23.7 Å². The van der Waals surface area contributed by atoms with Gasteiger partial charge in [0.1, 0.15) is 0 Å². The molecular formula is C11H22O2. The lowest BCUT2D eigenvalue weighted by molar-refractivity contribution is -0.0489. The first-order valence-electron chi connectivity index (χ1n) is 5.40. The minimum atomic E-state index is -0.303. The number of aliphatic hydroxyl groups is 2. The van der Waals surface area contributed by atoms with Gasteiger partial charge in [-0.15, -0.1) is 0 Å². The minimum Gasteiger partial charge on any atom is -0.396 e. The fourth-order valence-electron chi connectivity index (χ4n) is 2.63. The van der Waals surface area contributed by atoms with E-state index in [0.29, 0.717) is 17.8 Å². The Morgan fingerprint density at radius 3 is 2.23 bits per heavy atom. The Kier molecular flexibility index (Phi) is 3.74. The van der Waals surface area contributed by atoms with Crippen molar-refractivity contribution in [2.45, 2.75) is 39.7 Å². The Balaban J connectivity index is 2.66. The molecular weight excluding hydrogens is 164 g/mol. The van der Waals surface area contributed by atoms with E-state index in [1.807, 2.05) is 0 Å². The maximum Gasteiger partial charge on any atom is 0.0618 e. The highest BCUT2D eigenvalue weighted by atomic mass is 16.3. The van der Waals surface area contributed by atoms with Crippen LogP contribution in [0.1, 0.15) is 33.6 Å². The topological polar surface area (TPSA) is 40.5 Å². The van der Waals surface area contributed by atoms with Crippen LogP contribution in [-0.4, -0.2) is 22.9 Å². The fourth-order valence-corrected chi connectivity index (χ4v) is 2.63. The molecule has 0 aromatic rings. The van der Waals surface area contributed by atoms with E-state index >= 15 is 0 Å². The monoisotopic (exact) mass is 186 g/mol. The molecule has 0 heterocycles. The van der Waals surface area contributed by atoms with Gasteiger partial charge in [-0.1, -0.05) is 27.2 Å². The van der Waals surface area contributed by atoms with Crippen molar-refractivity contribution in [3.8, 4) is 0 Å². The van der Waals surface area contributed by atoms with Gasteiger partial charge in [0, 0.05) is 12.5 Å². The predicted octanol–water partition coefficient (Wildman–Crippen LogP) is 1.66. The van der Waals surface area contributed by atoms with Crippen LogP contribution in [0.4, 0.5) is 0 Å². The summed E-state index contributed by atoms with van der Waals surface area (Å²) in [4.78, 5) is 0. The molecule has 2 heteroatoms. The number of rotatable bonds is 2. The van der Waals surface area contributed by atoms with Gasteiger partial charge in [-0.3, -0.25) is 0 Å². The Morgan fingerprint density at radius 2 is 1.77 bits per heavy atom.